The SMILES string of the molecule is COC(=O)CNC(=O)C(Cc1ccncc1)NC(=O)CN1C(=O)c2ccccc2C1=O. The fraction of sp³-hybridized carbons (Fsp3) is 0.238. The molecule has 2 aromatic rings. The van der Waals surface area contributed by atoms with Crippen molar-refractivity contribution < 1.29 is 28.7 Å². The number of aromatic nitrogens is 1. The first-order valence-electron chi connectivity index (χ1n) is 9.38. The average Bonchev–Trinajstić information content (AvgIpc) is 3.02. The van der Waals surface area contributed by atoms with Crippen LogP contribution in [-0.2, 0) is 25.5 Å². The van der Waals surface area contributed by atoms with Crippen LogP contribution < -0.4 is 10.6 Å². The molecular formula is C21H20N4O6. The van der Waals surface area contributed by atoms with E-state index in [9.17, 15) is 24.0 Å². The Labute approximate surface area is 177 Å². The maximum Gasteiger partial charge on any atom is 0.325 e. The molecule has 4 amide bonds. The van der Waals surface area contributed by atoms with E-state index >= 15 is 0 Å². The van der Waals surface area contributed by atoms with Gasteiger partial charge >= 0.3 is 5.97 Å². The van der Waals surface area contributed by atoms with Crippen molar-refractivity contribution in [3.63, 3.8) is 0 Å². The van der Waals surface area contributed by atoms with E-state index in [4.69, 9.17) is 0 Å². The second kappa shape index (κ2) is 9.61. The molecule has 1 aromatic heterocycles. The van der Waals surface area contributed by atoms with Crippen LogP contribution in [0.25, 0.3) is 0 Å². The van der Waals surface area contributed by atoms with Crippen LogP contribution in [0, 0.1) is 0 Å². The number of amides is 4. The second-order valence-corrected chi connectivity index (χ2v) is 6.72. The number of hydrogen-bond donors (Lipinski definition) is 2. The lowest BCUT2D eigenvalue weighted by Gasteiger charge is -2.20. The van der Waals surface area contributed by atoms with Crippen molar-refractivity contribution in [1.29, 1.82) is 0 Å². The van der Waals surface area contributed by atoms with Crippen molar-refractivity contribution in [1.82, 2.24) is 20.5 Å². The van der Waals surface area contributed by atoms with Gasteiger partial charge in [0.15, 0.2) is 0 Å². The number of carbonyl (C=O) groups excluding carboxylic acids is 5. The number of rotatable bonds is 8. The molecule has 0 saturated carbocycles. The summed E-state index contributed by atoms with van der Waals surface area (Å²) in [5.41, 5.74) is 1.17. The summed E-state index contributed by atoms with van der Waals surface area (Å²) >= 11 is 0. The summed E-state index contributed by atoms with van der Waals surface area (Å²) in [7, 11) is 1.19. The molecule has 1 aliphatic rings. The molecule has 10 nitrogen and oxygen atoms in total. The minimum atomic E-state index is -1.05. The Hall–Kier alpha value is -4.08. The van der Waals surface area contributed by atoms with E-state index in [1.807, 2.05) is 0 Å². The Balaban J connectivity index is 1.69. The predicted octanol–water partition coefficient (Wildman–Crippen LogP) is -0.306. The van der Waals surface area contributed by atoms with Crippen molar-refractivity contribution in [3.05, 3.63) is 65.5 Å². The smallest absolute Gasteiger partial charge is 0.325 e. The van der Waals surface area contributed by atoms with Gasteiger partial charge in [-0.3, -0.25) is 33.9 Å². The quantitative estimate of drug-likeness (QED) is 0.439. The van der Waals surface area contributed by atoms with Crippen molar-refractivity contribution in [2.45, 2.75) is 12.5 Å². The molecule has 0 fully saturated rings. The monoisotopic (exact) mass is 424 g/mol. The topological polar surface area (TPSA) is 135 Å². The fourth-order valence-corrected chi connectivity index (χ4v) is 3.08. The molecular weight excluding hydrogens is 404 g/mol. The molecule has 10 heteroatoms. The summed E-state index contributed by atoms with van der Waals surface area (Å²) in [4.78, 5) is 66.1. The van der Waals surface area contributed by atoms with Gasteiger partial charge in [0.25, 0.3) is 11.8 Å². The minimum Gasteiger partial charge on any atom is -0.468 e. The van der Waals surface area contributed by atoms with E-state index in [2.05, 4.69) is 20.4 Å². The maximum atomic E-state index is 12.6. The Kier molecular flexibility index (Phi) is 6.71. The number of nitrogens with zero attached hydrogens (tertiary/aromatic N) is 2. The van der Waals surface area contributed by atoms with E-state index in [1.165, 1.54) is 19.2 Å². The third kappa shape index (κ3) is 5.10. The number of methoxy groups -OCH3 is 1. The van der Waals surface area contributed by atoms with Gasteiger partial charge in [-0.1, -0.05) is 12.1 Å². The van der Waals surface area contributed by atoms with Crippen LogP contribution in [-0.4, -0.2) is 65.7 Å². The van der Waals surface area contributed by atoms with Gasteiger partial charge in [0, 0.05) is 18.8 Å². The van der Waals surface area contributed by atoms with Crippen molar-refractivity contribution >= 4 is 29.6 Å². The molecule has 31 heavy (non-hydrogen) atoms. The molecule has 0 spiro atoms. The van der Waals surface area contributed by atoms with Crippen LogP contribution in [0.3, 0.4) is 0 Å². The minimum absolute atomic E-state index is 0.114. The number of imide groups is 1. The summed E-state index contributed by atoms with van der Waals surface area (Å²) in [6, 6.07) is 8.59. The summed E-state index contributed by atoms with van der Waals surface area (Å²) in [5, 5.41) is 4.93. The van der Waals surface area contributed by atoms with Gasteiger partial charge in [-0.2, -0.15) is 0 Å². The van der Waals surface area contributed by atoms with E-state index in [0.717, 1.165) is 4.90 Å². The second-order valence-electron chi connectivity index (χ2n) is 6.72. The van der Waals surface area contributed by atoms with E-state index in [-0.39, 0.29) is 24.1 Å². The van der Waals surface area contributed by atoms with Gasteiger partial charge in [-0.15, -0.1) is 0 Å². The molecule has 1 atom stereocenters. The lowest BCUT2D eigenvalue weighted by molar-refractivity contribution is -0.141. The summed E-state index contributed by atoms with van der Waals surface area (Å²) < 4.78 is 4.49. The van der Waals surface area contributed by atoms with E-state index in [0.29, 0.717) is 5.56 Å². The van der Waals surface area contributed by atoms with Gasteiger partial charge in [0.2, 0.25) is 11.8 Å². The zero-order valence-electron chi connectivity index (χ0n) is 16.7. The Morgan fingerprint density at radius 1 is 1.03 bits per heavy atom. The number of carbonyl (C=O) groups is 5. The number of nitrogens with one attached hydrogen (secondary N) is 2. The Morgan fingerprint density at radius 3 is 2.23 bits per heavy atom. The molecule has 0 bridgehead atoms. The Morgan fingerprint density at radius 2 is 1.65 bits per heavy atom. The largest absolute Gasteiger partial charge is 0.468 e. The third-order valence-electron chi connectivity index (χ3n) is 4.66. The molecule has 0 saturated heterocycles. The van der Waals surface area contributed by atoms with E-state index < -0.39 is 42.2 Å². The summed E-state index contributed by atoms with van der Waals surface area (Å²) in [5.74, 6) is -3.10. The Bertz CT molecular complexity index is 989. The molecule has 0 radical (unpaired) electrons. The zero-order valence-corrected chi connectivity index (χ0v) is 16.7. The highest BCUT2D eigenvalue weighted by Crippen LogP contribution is 2.21. The van der Waals surface area contributed by atoms with Crippen molar-refractivity contribution in [2.75, 3.05) is 20.2 Å². The molecule has 0 aliphatic carbocycles. The summed E-state index contributed by atoms with van der Waals surface area (Å²) in [6.45, 7) is -0.903. The predicted molar refractivity (Wildman–Crippen MR) is 107 cm³/mol. The number of esters is 1. The molecule has 1 aromatic carbocycles. The first kappa shape index (κ1) is 21.6. The molecule has 2 N–H and O–H groups in total. The fourth-order valence-electron chi connectivity index (χ4n) is 3.08. The van der Waals surface area contributed by atoms with Crippen LogP contribution in [0.15, 0.2) is 48.8 Å². The number of pyridine rings is 1. The van der Waals surface area contributed by atoms with Crippen LogP contribution in [0.2, 0.25) is 0 Å². The van der Waals surface area contributed by atoms with Crippen molar-refractivity contribution in [3.8, 4) is 0 Å². The number of benzene rings is 1. The number of fused-ring (bicyclic) bond motifs is 1. The molecule has 1 aliphatic heterocycles. The van der Waals surface area contributed by atoms with Crippen LogP contribution in [0.1, 0.15) is 26.3 Å². The van der Waals surface area contributed by atoms with Gasteiger partial charge in [0.05, 0.1) is 18.2 Å². The standard InChI is InChI=1S/C21H20N4O6/c1-31-18(27)11-23-19(28)16(10-13-6-8-22-9-7-13)24-17(26)12-25-20(29)14-4-2-3-5-15(14)21(25)30/h2-9,16H,10-12H2,1H3,(H,23,28)(H,24,26). The van der Waals surface area contributed by atoms with Crippen LogP contribution in [0.5, 0.6) is 0 Å². The lowest BCUT2D eigenvalue weighted by Crippen LogP contribution is -2.51. The first-order chi connectivity index (χ1) is 14.9. The third-order valence-corrected chi connectivity index (χ3v) is 4.66. The highest BCUT2D eigenvalue weighted by molar-refractivity contribution is 6.22. The molecule has 1 unspecified atom stereocenters. The normalized spacial score (nSPS) is 13.4. The average molecular weight is 424 g/mol. The van der Waals surface area contributed by atoms with Gasteiger partial charge < -0.3 is 15.4 Å². The highest BCUT2D eigenvalue weighted by atomic mass is 16.5. The lowest BCUT2D eigenvalue weighted by atomic mass is 10.1. The van der Waals surface area contributed by atoms with Crippen LogP contribution in [0.4, 0.5) is 0 Å². The van der Waals surface area contributed by atoms with Gasteiger partial charge in [-0.25, -0.2) is 0 Å². The molecule has 2 heterocycles. The number of ether oxygens (including phenoxy) is 1. The molecule has 3 rings (SSSR count). The zero-order chi connectivity index (χ0) is 22.4. The van der Waals surface area contributed by atoms with E-state index in [1.54, 1.807) is 36.7 Å². The van der Waals surface area contributed by atoms with Gasteiger partial charge in [-0.05, 0) is 29.8 Å². The molecule has 160 valence electrons. The highest BCUT2D eigenvalue weighted by Gasteiger charge is 2.36. The number of hydrogen-bond acceptors (Lipinski definition) is 7. The maximum absolute atomic E-state index is 12.6. The summed E-state index contributed by atoms with van der Waals surface area (Å²) in [6.07, 6.45) is 3.20. The van der Waals surface area contributed by atoms with Gasteiger partial charge in [0.1, 0.15) is 19.1 Å². The first-order valence-corrected chi connectivity index (χ1v) is 9.38. The van der Waals surface area contributed by atoms with Crippen LogP contribution >= 0.6 is 0 Å². The van der Waals surface area contributed by atoms with Crippen molar-refractivity contribution in [2.24, 2.45) is 0 Å².